The maximum absolute atomic E-state index is 10.9. The van der Waals surface area contributed by atoms with Gasteiger partial charge in [0.2, 0.25) is 0 Å². The summed E-state index contributed by atoms with van der Waals surface area (Å²) in [6.07, 6.45) is 1.51. The molecule has 0 bridgehead atoms. The fraction of sp³-hybridized carbons (Fsp3) is 0.250. The molecule has 0 aromatic heterocycles. The molecule has 0 aliphatic heterocycles. The molecule has 5 nitrogen and oxygen atoms in total. The van der Waals surface area contributed by atoms with Gasteiger partial charge in [0, 0.05) is 29.5 Å². The van der Waals surface area contributed by atoms with Crippen LogP contribution in [0.3, 0.4) is 0 Å². The summed E-state index contributed by atoms with van der Waals surface area (Å²) in [5.41, 5.74) is 10.1. The quantitative estimate of drug-likeness (QED) is 0.507. The number of non-ortho nitro benzene ring substituents is 1. The van der Waals surface area contributed by atoms with Gasteiger partial charge in [-0.2, -0.15) is 0 Å². The molecule has 0 atom stereocenters. The fourth-order valence-corrected chi connectivity index (χ4v) is 2.40. The molecule has 2 rings (SSSR count). The van der Waals surface area contributed by atoms with Gasteiger partial charge in [-0.05, 0) is 45.4 Å². The standard InChI is InChI=1S/C20H23N3O2/c1-14-5-7-16(8-6-14)19(22-20(2,3)4)18(13-21)15-9-11-17(12-10-15)23(24)25/h5-13H,21H2,1-4H3. The molecular weight excluding hydrogens is 314 g/mol. The number of allylic oxidation sites excluding steroid dienone is 1. The average molecular weight is 337 g/mol. The molecule has 2 aromatic rings. The van der Waals surface area contributed by atoms with E-state index in [1.165, 1.54) is 18.3 Å². The molecule has 0 spiro atoms. The van der Waals surface area contributed by atoms with Crippen LogP contribution in [-0.4, -0.2) is 16.2 Å². The molecule has 0 aliphatic rings. The van der Waals surface area contributed by atoms with E-state index < -0.39 is 4.92 Å². The highest BCUT2D eigenvalue weighted by molar-refractivity contribution is 6.31. The Morgan fingerprint density at radius 1 is 1.04 bits per heavy atom. The maximum Gasteiger partial charge on any atom is 0.269 e. The summed E-state index contributed by atoms with van der Waals surface area (Å²) in [5, 5.41) is 10.9. The van der Waals surface area contributed by atoms with Crippen LogP contribution in [0.25, 0.3) is 5.57 Å². The lowest BCUT2D eigenvalue weighted by Crippen LogP contribution is -2.17. The van der Waals surface area contributed by atoms with Crippen LogP contribution in [0.4, 0.5) is 5.69 Å². The highest BCUT2D eigenvalue weighted by Crippen LogP contribution is 2.25. The Kier molecular flexibility index (Phi) is 5.37. The normalized spacial score (nSPS) is 13.0. The van der Waals surface area contributed by atoms with Crippen LogP contribution in [0, 0.1) is 17.0 Å². The van der Waals surface area contributed by atoms with Crippen LogP contribution >= 0.6 is 0 Å². The summed E-state index contributed by atoms with van der Waals surface area (Å²) in [5.74, 6) is 0. The van der Waals surface area contributed by atoms with Gasteiger partial charge in [-0.1, -0.05) is 29.8 Å². The first-order valence-electron chi connectivity index (χ1n) is 8.05. The lowest BCUT2D eigenvalue weighted by molar-refractivity contribution is -0.384. The number of aryl methyl sites for hydroxylation is 1. The average Bonchev–Trinajstić information content (AvgIpc) is 2.55. The molecule has 0 saturated heterocycles. The number of nitro benzene ring substituents is 1. The first kappa shape index (κ1) is 18.4. The summed E-state index contributed by atoms with van der Waals surface area (Å²) in [6, 6.07) is 14.4. The second-order valence-electron chi connectivity index (χ2n) is 6.88. The molecule has 25 heavy (non-hydrogen) atoms. The van der Waals surface area contributed by atoms with Crippen molar-refractivity contribution in [3.05, 3.63) is 81.5 Å². The predicted molar refractivity (Wildman–Crippen MR) is 103 cm³/mol. The van der Waals surface area contributed by atoms with Gasteiger partial charge in [0.25, 0.3) is 5.69 Å². The first-order chi connectivity index (χ1) is 11.7. The van der Waals surface area contributed by atoms with Crippen LogP contribution in [0.5, 0.6) is 0 Å². The third kappa shape index (κ3) is 4.76. The molecule has 0 unspecified atom stereocenters. The van der Waals surface area contributed by atoms with Crippen molar-refractivity contribution in [2.24, 2.45) is 10.7 Å². The van der Waals surface area contributed by atoms with E-state index in [1.807, 2.05) is 52.0 Å². The number of nitrogens with two attached hydrogens (primary N) is 1. The van der Waals surface area contributed by atoms with Crippen molar-refractivity contribution in [1.82, 2.24) is 0 Å². The fourth-order valence-electron chi connectivity index (χ4n) is 2.40. The Hall–Kier alpha value is -2.95. The molecule has 2 N–H and O–H groups in total. The van der Waals surface area contributed by atoms with Gasteiger partial charge in [-0.3, -0.25) is 15.1 Å². The van der Waals surface area contributed by atoms with Crippen LogP contribution in [-0.2, 0) is 0 Å². The van der Waals surface area contributed by atoms with Gasteiger partial charge >= 0.3 is 0 Å². The maximum atomic E-state index is 10.9. The number of rotatable bonds is 4. The largest absolute Gasteiger partial charge is 0.404 e. The lowest BCUT2D eigenvalue weighted by atomic mass is 9.94. The smallest absolute Gasteiger partial charge is 0.269 e. The Morgan fingerprint density at radius 2 is 1.56 bits per heavy atom. The Labute approximate surface area is 148 Å². The minimum atomic E-state index is -0.417. The number of benzene rings is 2. The van der Waals surface area contributed by atoms with Crippen LogP contribution in [0.15, 0.2) is 59.7 Å². The number of nitro groups is 1. The van der Waals surface area contributed by atoms with Crippen molar-refractivity contribution in [3.8, 4) is 0 Å². The van der Waals surface area contributed by atoms with E-state index in [1.54, 1.807) is 12.1 Å². The zero-order valence-corrected chi connectivity index (χ0v) is 15.0. The third-order valence-electron chi connectivity index (χ3n) is 3.58. The third-order valence-corrected chi connectivity index (χ3v) is 3.58. The molecular formula is C20H23N3O2. The SMILES string of the molecule is Cc1ccc(C(=NC(C)(C)C)C(=CN)c2ccc([N+](=O)[O-])cc2)cc1. The van der Waals surface area contributed by atoms with E-state index in [0.29, 0.717) is 0 Å². The van der Waals surface area contributed by atoms with Gasteiger partial charge in [0.1, 0.15) is 0 Å². The van der Waals surface area contributed by atoms with Crippen LogP contribution in [0.2, 0.25) is 0 Å². The second kappa shape index (κ2) is 7.30. The minimum Gasteiger partial charge on any atom is -0.404 e. The topological polar surface area (TPSA) is 81.5 Å². The second-order valence-corrected chi connectivity index (χ2v) is 6.88. The summed E-state index contributed by atoms with van der Waals surface area (Å²) in [7, 11) is 0. The van der Waals surface area contributed by atoms with Gasteiger partial charge in [0.15, 0.2) is 0 Å². The zero-order valence-electron chi connectivity index (χ0n) is 15.0. The van der Waals surface area contributed by atoms with Crippen LogP contribution < -0.4 is 5.73 Å². The Bertz CT molecular complexity index is 812. The van der Waals surface area contributed by atoms with Gasteiger partial charge in [0.05, 0.1) is 16.2 Å². The van der Waals surface area contributed by atoms with Crippen molar-refractivity contribution in [1.29, 1.82) is 0 Å². The van der Waals surface area contributed by atoms with Crippen molar-refractivity contribution in [2.75, 3.05) is 0 Å². The van der Waals surface area contributed by atoms with Gasteiger partial charge in [-0.25, -0.2) is 0 Å². The molecule has 0 heterocycles. The summed E-state index contributed by atoms with van der Waals surface area (Å²) in [6.45, 7) is 8.09. The van der Waals surface area contributed by atoms with Crippen molar-refractivity contribution in [3.63, 3.8) is 0 Å². The monoisotopic (exact) mass is 337 g/mol. The zero-order chi connectivity index (χ0) is 18.6. The molecule has 5 heteroatoms. The van der Waals surface area contributed by atoms with Crippen molar-refractivity contribution in [2.45, 2.75) is 33.2 Å². The van der Waals surface area contributed by atoms with Crippen molar-refractivity contribution >= 4 is 17.0 Å². The number of aliphatic imine (C=N–C) groups is 1. The van der Waals surface area contributed by atoms with Gasteiger partial charge < -0.3 is 5.73 Å². The number of hydrogen-bond donors (Lipinski definition) is 1. The molecule has 0 radical (unpaired) electrons. The lowest BCUT2D eigenvalue weighted by Gasteiger charge is -2.19. The molecule has 130 valence electrons. The number of nitrogens with zero attached hydrogens (tertiary/aromatic N) is 2. The highest BCUT2D eigenvalue weighted by atomic mass is 16.6. The summed E-state index contributed by atoms with van der Waals surface area (Å²) >= 11 is 0. The van der Waals surface area contributed by atoms with E-state index in [4.69, 9.17) is 10.7 Å². The Morgan fingerprint density at radius 3 is 2.00 bits per heavy atom. The molecule has 0 aliphatic carbocycles. The molecule has 0 fully saturated rings. The highest BCUT2D eigenvalue weighted by Gasteiger charge is 2.17. The minimum absolute atomic E-state index is 0.0461. The first-order valence-corrected chi connectivity index (χ1v) is 8.05. The van der Waals surface area contributed by atoms with Crippen LogP contribution in [0.1, 0.15) is 37.5 Å². The number of hydrogen-bond acceptors (Lipinski definition) is 4. The molecule has 0 saturated carbocycles. The van der Waals surface area contributed by atoms with Gasteiger partial charge in [-0.15, -0.1) is 0 Å². The predicted octanol–water partition coefficient (Wildman–Crippen LogP) is 4.49. The molecule has 2 aromatic carbocycles. The van der Waals surface area contributed by atoms with E-state index in [9.17, 15) is 10.1 Å². The summed E-state index contributed by atoms with van der Waals surface area (Å²) in [4.78, 5) is 15.3. The Balaban J connectivity index is 2.56. The van der Waals surface area contributed by atoms with Crippen molar-refractivity contribution < 1.29 is 4.92 Å². The van der Waals surface area contributed by atoms with E-state index in [-0.39, 0.29) is 11.2 Å². The van der Waals surface area contributed by atoms with E-state index in [2.05, 4.69) is 0 Å². The van der Waals surface area contributed by atoms with E-state index in [0.717, 1.165) is 28.0 Å². The summed E-state index contributed by atoms with van der Waals surface area (Å²) < 4.78 is 0. The van der Waals surface area contributed by atoms with E-state index >= 15 is 0 Å². The molecule has 0 amide bonds.